The summed E-state index contributed by atoms with van der Waals surface area (Å²) in [6.07, 6.45) is 3.39. The number of ether oxygens (including phenoxy) is 1. The van der Waals surface area contributed by atoms with Gasteiger partial charge in [0, 0.05) is 20.1 Å². The Morgan fingerprint density at radius 2 is 1.58 bits per heavy atom. The quantitative estimate of drug-likeness (QED) is 0.798. The molecule has 0 unspecified atom stereocenters. The van der Waals surface area contributed by atoms with Crippen LogP contribution in [0.4, 0.5) is 0 Å². The standard InChI is InChI=1S/C19H24N2O3/c1-13(2)24-15-9-7-14(8-10-15)16-17(19(23)20(3)18(16)22)21-11-5-4-6-12-21/h7-10,13H,4-6,11-12H2,1-3H3. The van der Waals surface area contributed by atoms with Crippen LogP contribution in [-0.2, 0) is 9.59 Å². The molecule has 0 aliphatic carbocycles. The number of likely N-dealkylation sites (N-methyl/N-ethyl adjacent to an activating group) is 1. The molecule has 1 aromatic rings. The molecule has 0 aromatic heterocycles. The van der Waals surface area contributed by atoms with Crippen molar-refractivity contribution in [2.24, 2.45) is 0 Å². The molecule has 0 atom stereocenters. The first-order valence-corrected chi connectivity index (χ1v) is 8.57. The zero-order chi connectivity index (χ0) is 17.3. The molecule has 1 aromatic carbocycles. The zero-order valence-corrected chi connectivity index (χ0v) is 14.5. The number of likely N-dealkylation sites (tertiary alicyclic amines) is 1. The van der Waals surface area contributed by atoms with E-state index in [4.69, 9.17) is 4.74 Å². The Hall–Kier alpha value is -2.30. The van der Waals surface area contributed by atoms with Gasteiger partial charge in [-0.05, 0) is 50.8 Å². The van der Waals surface area contributed by atoms with E-state index in [1.807, 2.05) is 38.1 Å². The second kappa shape index (κ2) is 6.67. The van der Waals surface area contributed by atoms with Gasteiger partial charge in [0.2, 0.25) is 0 Å². The van der Waals surface area contributed by atoms with Crippen LogP contribution in [0.5, 0.6) is 5.75 Å². The lowest BCUT2D eigenvalue weighted by Crippen LogP contribution is -2.35. The number of amides is 2. The second-order valence-corrected chi connectivity index (χ2v) is 6.63. The zero-order valence-electron chi connectivity index (χ0n) is 14.5. The monoisotopic (exact) mass is 328 g/mol. The summed E-state index contributed by atoms with van der Waals surface area (Å²) >= 11 is 0. The predicted octanol–water partition coefficient (Wildman–Crippen LogP) is 2.67. The highest BCUT2D eigenvalue weighted by atomic mass is 16.5. The van der Waals surface area contributed by atoms with Crippen molar-refractivity contribution >= 4 is 17.4 Å². The highest BCUT2D eigenvalue weighted by molar-refractivity contribution is 6.35. The highest BCUT2D eigenvalue weighted by Crippen LogP contribution is 2.33. The summed E-state index contributed by atoms with van der Waals surface area (Å²) < 4.78 is 5.66. The number of piperidine rings is 1. The van der Waals surface area contributed by atoms with Crippen molar-refractivity contribution in [1.82, 2.24) is 9.80 Å². The first-order valence-electron chi connectivity index (χ1n) is 8.57. The topological polar surface area (TPSA) is 49.9 Å². The van der Waals surface area contributed by atoms with Crippen LogP contribution in [0.25, 0.3) is 5.57 Å². The van der Waals surface area contributed by atoms with Crippen molar-refractivity contribution in [3.05, 3.63) is 35.5 Å². The summed E-state index contributed by atoms with van der Waals surface area (Å²) in [7, 11) is 1.55. The minimum absolute atomic E-state index is 0.0970. The number of imide groups is 1. The van der Waals surface area contributed by atoms with Gasteiger partial charge in [0.05, 0.1) is 11.7 Å². The Morgan fingerprint density at radius 3 is 2.17 bits per heavy atom. The summed E-state index contributed by atoms with van der Waals surface area (Å²) in [4.78, 5) is 28.5. The molecule has 2 heterocycles. The number of rotatable bonds is 4. The normalized spacial score (nSPS) is 18.8. The third-order valence-corrected chi connectivity index (χ3v) is 4.45. The van der Waals surface area contributed by atoms with Crippen molar-refractivity contribution < 1.29 is 14.3 Å². The van der Waals surface area contributed by atoms with Gasteiger partial charge in [-0.15, -0.1) is 0 Å². The van der Waals surface area contributed by atoms with Crippen molar-refractivity contribution in [3.8, 4) is 5.75 Å². The molecule has 0 bridgehead atoms. The molecule has 2 aliphatic heterocycles. The maximum atomic E-state index is 12.6. The summed E-state index contributed by atoms with van der Waals surface area (Å²) in [6.45, 7) is 5.61. The summed E-state index contributed by atoms with van der Waals surface area (Å²) in [6, 6.07) is 7.43. The molecule has 2 amide bonds. The van der Waals surface area contributed by atoms with Crippen LogP contribution in [-0.4, -0.2) is 47.9 Å². The summed E-state index contributed by atoms with van der Waals surface area (Å²) in [5, 5.41) is 0. The third kappa shape index (κ3) is 3.03. The maximum Gasteiger partial charge on any atom is 0.277 e. The Bertz CT molecular complexity index is 670. The minimum Gasteiger partial charge on any atom is -0.491 e. The van der Waals surface area contributed by atoms with E-state index in [2.05, 4.69) is 4.90 Å². The molecule has 1 fully saturated rings. The van der Waals surface area contributed by atoms with Crippen LogP contribution < -0.4 is 4.74 Å². The fourth-order valence-corrected chi connectivity index (χ4v) is 3.27. The third-order valence-electron chi connectivity index (χ3n) is 4.45. The van der Waals surface area contributed by atoms with Crippen LogP contribution >= 0.6 is 0 Å². The van der Waals surface area contributed by atoms with Gasteiger partial charge in [0.1, 0.15) is 11.4 Å². The van der Waals surface area contributed by atoms with Crippen LogP contribution in [0.15, 0.2) is 30.0 Å². The average molecular weight is 328 g/mol. The van der Waals surface area contributed by atoms with Crippen molar-refractivity contribution in [1.29, 1.82) is 0 Å². The number of hydrogen-bond acceptors (Lipinski definition) is 4. The SMILES string of the molecule is CC(C)Oc1ccc(C2=C(N3CCCCC3)C(=O)N(C)C2=O)cc1. The highest BCUT2D eigenvalue weighted by Gasteiger charge is 2.39. The Morgan fingerprint density at radius 1 is 0.958 bits per heavy atom. The number of carbonyl (C=O) groups excluding carboxylic acids is 2. The predicted molar refractivity (Wildman–Crippen MR) is 92.3 cm³/mol. The smallest absolute Gasteiger partial charge is 0.277 e. The van der Waals surface area contributed by atoms with Crippen LogP contribution in [0, 0.1) is 0 Å². The summed E-state index contributed by atoms with van der Waals surface area (Å²) in [5.41, 5.74) is 1.84. The number of carbonyl (C=O) groups is 2. The van der Waals surface area contributed by atoms with Gasteiger partial charge in [0.25, 0.3) is 11.8 Å². The maximum absolute atomic E-state index is 12.6. The van der Waals surface area contributed by atoms with Crippen LogP contribution in [0.2, 0.25) is 0 Å². The molecule has 0 spiro atoms. The van der Waals surface area contributed by atoms with E-state index in [1.54, 1.807) is 7.05 Å². The van der Waals surface area contributed by atoms with E-state index in [0.29, 0.717) is 11.3 Å². The van der Waals surface area contributed by atoms with Crippen LogP contribution in [0.3, 0.4) is 0 Å². The molecule has 0 saturated carbocycles. The van der Waals surface area contributed by atoms with Gasteiger partial charge in [-0.2, -0.15) is 0 Å². The molecule has 0 radical (unpaired) electrons. The van der Waals surface area contributed by atoms with E-state index in [0.717, 1.165) is 37.2 Å². The Kier molecular flexibility index (Phi) is 4.60. The molecule has 1 saturated heterocycles. The van der Waals surface area contributed by atoms with Crippen molar-refractivity contribution in [2.75, 3.05) is 20.1 Å². The van der Waals surface area contributed by atoms with E-state index in [-0.39, 0.29) is 17.9 Å². The lowest BCUT2D eigenvalue weighted by atomic mass is 10.0. The first-order chi connectivity index (χ1) is 11.5. The largest absolute Gasteiger partial charge is 0.491 e. The van der Waals surface area contributed by atoms with E-state index in [1.165, 1.54) is 11.3 Å². The van der Waals surface area contributed by atoms with E-state index in [9.17, 15) is 9.59 Å². The molecule has 5 nitrogen and oxygen atoms in total. The molecular formula is C19H24N2O3. The van der Waals surface area contributed by atoms with Gasteiger partial charge in [0.15, 0.2) is 0 Å². The average Bonchev–Trinajstić information content (AvgIpc) is 2.80. The van der Waals surface area contributed by atoms with Crippen molar-refractivity contribution in [2.45, 2.75) is 39.2 Å². The first kappa shape index (κ1) is 16.6. The molecule has 24 heavy (non-hydrogen) atoms. The fraction of sp³-hybridized carbons (Fsp3) is 0.474. The molecule has 3 rings (SSSR count). The molecule has 5 heteroatoms. The number of benzene rings is 1. The van der Waals surface area contributed by atoms with Gasteiger partial charge in [-0.1, -0.05) is 12.1 Å². The van der Waals surface area contributed by atoms with Crippen LogP contribution in [0.1, 0.15) is 38.7 Å². The Labute approximate surface area is 142 Å². The molecule has 0 N–H and O–H groups in total. The van der Waals surface area contributed by atoms with Gasteiger partial charge >= 0.3 is 0 Å². The Balaban J connectivity index is 1.98. The lowest BCUT2D eigenvalue weighted by molar-refractivity contribution is -0.136. The molecule has 2 aliphatic rings. The van der Waals surface area contributed by atoms with E-state index >= 15 is 0 Å². The lowest BCUT2D eigenvalue weighted by Gasteiger charge is -2.29. The minimum atomic E-state index is -0.224. The number of nitrogens with zero attached hydrogens (tertiary/aromatic N) is 2. The van der Waals surface area contributed by atoms with Crippen molar-refractivity contribution in [3.63, 3.8) is 0 Å². The summed E-state index contributed by atoms with van der Waals surface area (Å²) in [5.74, 6) is 0.344. The van der Waals surface area contributed by atoms with Gasteiger partial charge < -0.3 is 9.64 Å². The van der Waals surface area contributed by atoms with Gasteiger partial charge in [-0.25, -0.2) is 0 Å². The molecular weight excluding hydrogens is 304 g/mol. The molecule has 128 valence electrons. The van der Waals surface area contributed by atoms with E-state index < -0.39 is 0 Å². The fourth-order valence-electron chi connectivity index (χ4n) is 3.27. The van der Waals surface area contributed by atoms with Gasteiger partial charge in [-0.3, -0.25) is 14.5 Å². The number of hydrogen-bond donors (Lipinski definition) is 0. The second-order valence-electron chi connectivity index (χ2n) is 6.63.